The molecule has 1 N–H and O–H groups in total. The number of aromatic carboxylic acids is 1. The van der Waals surface area contributed by atoms with Gasteiger partial charge in [0.2, 0.25) is 0 Å². The molecule has 1 aromatic carbocycles. The monoisotopic (exact) mass is 216 g/mol. The van der Waals surface area contributed by atoms with Gasteiger partial charge in [-0.2, -0.15) is 0 Å². The van der Waals surface area contributed by atoms with Crippen LogP contribution in [0.5, 0.6) is 5.75 Å². The van der Waals surface area contributed by atoms with Gasteiger partial charge >= 0.3 is 5.97 Å². The summed E-state index contributed by atoms with van der Waals surface area (Å²) in [6.45, 7) is -0.464. The normalized spacial score (nSPS) is 10.0. The number of benzene rings is 1. The van der Waals surface area contributed by atoms with Crippen molar-refractivity contribution in [2.45, 2.75) is 6.42 Å². The maximum absolute atomic E-state index is 13.2. The summed E-state index contributed by atoms with van der Waals surface area (Å²) in [5, 5.41) is 8.56. The molecule has 15 heavy (non-hydrogen) atoms. The summed E-state index contributed by atoms with van der Waals surface area (Å²) < 4.78 is 29.8. The largest absolute Gasteiger partial charge is 0.490 e. The SMILES string of the molecule is O=C(O)c1ccc(OCCCF)c(F)c1. The molecule has 0 aliphatic carbocycles. The third kappa shape index (κ3) is 3.19. The zero-order chi connectivity index (χ0) is 11.3. The quantitative estimate of drug-likeness (QED) is 0.768. The van der Waals surface area contributed by atoms with Crippen molar-refractivity contribution >= 4 is 5.97 Å². The van der Waals surface area contributed by atoms with Gasteiger partial charge in [-0.25, -0.2) is 9.18 Å². The van der Waals surface area contributed by atoms with Crippen molar-refractivity contribution in [1.82, 2.24) is 0 Å². The Hall–Kier alpha value is -1.65. The molecule has 3 nitrogen and oxygen atoms in total. The topological polar surface area (TPSA) is 46.5 Å². The number of carboxylic acid groups (broad SMARTS) is 1. The number of carbonyl (C=O) groups is 1. The third-order valence-corrected chi connectivity index (χ3v) is 1.71. The first-order chi connectivity index (χ1) is 7.15. The summed E-state index contributed by atoms with van der Waals surface area (Å²) in [6.07, 6.45) is 0.181. The lowest BCUT2D eigenvalue weighted by Crippen LogP contribution is -2.02. The number of alkyl halides is 1. The van der Waals surface area contributed by atoms with Gasteiger partial charge in [0.25, 0.3) is 0 Å². The second kappa shape index (κ2) is 5.29. The molecule has 0 aliphatic heterocycles. The first-order valence-corrected chi connectivity index (χ1v) is 4.36. The van der Waals surface area contributed by atoms with Crippen molar-refractivity contribution in [1.29, 1.82) is 0 Å². The molecule has 0 bridgehead atoms. The van der Waals surface area contributed by atoms with E-state index in [2.05, 4.69) is 0 Å². The summed E-state index contributed by atoms with van der Waals surface area (Å²) in [7, 11) is 0. The average molecular weight is 216 g/mol. The summed E-state index contributed by atoms with van der Waals surface area (Å²) in [4.78, 5) is 10.5. The lowest BCUT2D eigenvalue weighted by molar-refractivity contribution is 0.0696. The van der Waals surface area contributed by atoms with Crippen LogP contribution in [0.25, 0.3) is 0 Å². The van der Waals surface area contributed by atoms with Crippen LogP contribution >= 0.6 is 0 Å². The molecule has 0 spiro atoms. The maximum atomic E-state index is 13.2. The Morgan fingerprint density at radius 3 is 2.73 bits per heavy atom. The summed E-state index contributed by atoms with van der Waals surface area (Å²) in [6, 6.07) is 3.32. The molecule has 0 heterocycles. The van der Waals surface area contributed by atoms with Crippen LogP contribution < -0.4 is 4.74 Å². The number of hydrogen-bond donors (Lipinski definition) is 1. The minimum absolute atomic E-state index is 0.0616. The Kier molecular flexibility index (Phi) is 4.03. The van der Waals surface area contributed by atoms with Gasteiger partial charge in [0.15, 0.2) is 11.6 Å². The Labute approximate surface area is 85.3 Å². The van der Waals surface area contributed by atoms with E-state index in [4.69, 9.17) is 9.84 Å². The molecule has 82 valence electrons. The first-order valence-electron chi connectivity index (χ1n) is 4.36. The fraction of sp³-hybridized carbons (Fsp3) is 0.300. The van der Waals surface area contributed by atoms with E-state index in [-0.39, 0.29) is 24.3 Å². The molecule has 0 aromatic heterocycles. The highest BCUT2D eigenvalue weighted by atomic mass is 19.1. The maximum Gasteiger partial charge on any atom is 0.335 e. The third-order valence-electron chi connectivity index (χ3n) is 1.71. The molecular weight excluding hydrogens is 206 g/mol. The van der Waals surface area contributed by atoms with Crippen LogP contribution in [0.3, 0.4) is 0 Å². The Morgan fingerprint density at radius 1 is 1.47 bits per heavy atom. The molecule has 1 aromatic rings. The van der Waals surface area contributed by atoms with Gasteiger partial charge < -0.3 is 9.84 Å². The fourth-order valence-electron chi connectivity index (χ4n) is 0.988. The van der Waals surface area contributed by atoms with Crippen LogP contribution in [0.1, 0.15) is 16.8 Å². The van der Waals surface area contributed by atoms with Gasteiger partial charge in [0, 0.05) is 6.42 Å². The highest BCUT2D eigenvalue weighted by Crippen LogP contribution is 2.18. The lowest BCUT2D eigenvalue weighted by atomic mass is 10.2. The average Bonchev–Trinajstić information content (AvgIpc) is 2.20. The van der Waals surface area contributed by atoms with Crippen molar-refractivity contribution in [2.24, 2.45) is 0 Å². The Bertz CT molecular complexity index is 353. The molecule has 0 amide bonds. The van der Waals surface area contributed by atoms with Gasteiger partial charge in [-0.05, 0) is 18.2 Å². The molecule has 1 rings (SSSR count). The van der Waals surface area contributed by atoms with Gasteiger partial charge in [-0.3, -0.25) is 4.39 Å². The predicted octanol–water partition coefficient (Wildman–Crippen LogP) is 2.26. The lowest BCUT2D eigenvalue weighted by Gasteiger charge is -2.06. The van der Waals surface area contributed by atoms with Crippen molar-refractivity contribution < 1.29 is 23.4 Å². The van der Waals surface area contributed by atoms with Crippen LogP contribution in [0.2, 0.25) is 0 Å². The Balaban J connectivity index is 2.70. The second-order valence-electron chi connectivity index (χ2n) is 2.84. The van der Waals surface area contributed by atoms with Crippen LogP contribution in [0.4, 0.5) is 8.78 Å². The van der Waals surface area contributed by atoms with Gasteiger partial charge in [-0.1, -0.05) is 0 Å². The van der Waals surface area contributed by atoms with E-state index in [0.29, 0.717) is 0 Å². The van der Waals surface area contributed by atoms with Crippen molar-refractivity contribution in [3.63, 3.8) is 0 Å². The van der Waals surface area contributed by atoms with E-state index in [1.807, 2.05) is 0 Å². The van der Waals surface area contributed by atoms with E-state index in [1.54, 1.807) is 0 Å². The molecule has 0 aliphatic rings. The smallest absolute Gasteiger partial charge is 0.335 e. The molecule has 5 heteroatoms. The van der Waals surface area contributed by atoms with Crippen molar-refractivity contribution in [2.75, 3.05) is 13.3 Å². The summed E-state index contributed by atoms with van der Waals surface area (Å²) in [5.74, 6) is -2.02. The molecule has 0 saturated carbocycles. The van der Waals surface area contributed by atoms with Crippen LogP contribution in [0.15, 0.2) is 18.2 Å². The van der Waals surface area contributed by atoms with Crippen molar-refractivity contribution in [3.8, 4) is 5.75 Å². The molecule has 0 radical (unpaired) electrons. The Morgan fingerprint density at radius 2 is 2.20 bits per heavy atom. The van der Waals surface area contributed by atoms with Gasteiger partial charge in [0.05, 0.1) is 18.8 Å². The van der Waals surface area contributed by atoms with Gasteiger partial charge in [0.1, 0.15) is 0 Å². The fourth-order valence-corrected chi connectivity index (χ4v) is 0.988. The van der Waals surface area contributed by atoms with E-state index in [1.165, 1.54) is 12.1 Å². The zero-order valence-electron chi connectivity index (χ0n) is 7.87. The molecule has 0 atom stereocenters. The predicted molar refractivity (Wildman–Crippen MR) is 49.4 cm³/mol. The number of rotatable bonds is 5. The van der Waals surface area contributed by atoms with Crippen LogP contribution in [-0.4, -0.2) is 24.4 Å². The number of halogens is 2. The molecule has 0 saturated heterocycles. The summed E-state index contributed by atoms with van der Waals surface area (Å²) in [5.41, 5.74) is -0.148. The van der Waals surface area contributed by atoms with E-state index >= 15 is 0 Å². The van der Waals surface area contributed by atoms with E-state index < -0.39 is 18.5 Å². The standard InChI is InChI=1S/C10H10F2O3/c11-4-1-5-15-9-3-2-7(10(13)14)6-8(9)12/h2-3,6H,1,4-5H2,(H,13,14). The minimum Gasteiger partial charge on any atom is -0.490 e. The molecule has 0 unspecified atom stereocenters. The first kappa shape index (κ1) is 11.4. The highest BCUT2D eigenvalue weighted by molar-refractivity contribution is 5.87. The summed E-state index contributed by atoms with van der Waals surface area (Å²) >= 11 is 0. The van der Waals surface area contributed by atoms with Crippen LogP contribution in [0, 0.1) is 5.82 Å². The second-order valence-corrected chi connectivity index (χ2v) is 2.84. The van der Waals surface area contributed by atoms with E-state index in [9.17, 15) is 13.6 Å². The molecular formula is C10H10F2O3. The van der Waals surface area contributed by atoms with Crippen LogP contribution in [-0.2, 0) is 0 Å². The molecule has 0 fully saturated rings. The zero-order valence-corrected chi connectivity index (χ0v) is 7.87. The number of carboxylic acids is 1. The van der Waals surface area contributed by atoms with Crippen molar-refractivity contribution in [3.05, 3.63) is 29.6 Å². The number of ether oxygens (including phenoxy) is 1. The minimum atomic E-state index is -1.20. The van der Waals surface area contributed by atoms with Gasteiger partial charge in [-0.15, -0.1) is 0 Å². The highest BCUT2D eigenvalue weighted by Gasteiger charge is 2.08. The number of hydrogen-bond acceptors (Lipinski definition) is 2. The van der Waals surface area contributed by atoms with E-state index in [0.717, 1.165) is 6.07 Å².